The number of benzene rings is 1. The molecule has 44 heavy (non-hydrogen) atoms. The Hall–Kier alpha value is -3.31. The Morgan fingerprint density at radius 2 is 2.05 bits per heavy atom. The van der Waals surface area contributed by atoms with Gasteiger partial charge in [-0.15, -0.1) is 0 Å². The summed E-state index contributed by atoms with van der Waals surface area (Å²) in [4.78, 5) is 47.6. The number of thioether (sulfide) groups is 1. The number of carbonyl (C=O) groups is 2. The van der Waals surface area contributed by atoms with Gasteiger partial charge in [0.05, 0.1) is 31.6 Å². The molecule has 4 heterocycles. The molecule has 0 radical (unpaired) electrons. The van der Waals surface area contributed by atoms with Crippen molar-refractivity contribution in [3.05, 3.63) is 52.6 Å². The van der Waals surface area contributed by atoms with Crippen LogP contribution in [0.1, 0.15) is 32.6 Å². The van der Waals surface area contributed by atoms with Crippen molar-refractivity contribution < 1.29 is 42.5 Å². The van der Waals surface area contributed by atoms with E-state index in [9.17, 15) is 24.1 Å². The molecule has 2 aliphatic rings. The highest BCUT2D eigenvalue weighted by atomic mass is 32.2. The van der Waals surface area contributed by atoms with Crippen LogP contribution in [0.25, 0.3) is 11.2 Å². The number of aromatic nitrogens is 4. The molecule has 0 amide bonds. The van der Waals surface area contributed by atoms with E-state index in [0.29, 0.717) is 0 Å². The number of imidazole rings is 1. The van der Waals surface area contributed by atoms with E-state index in [2.05, 4.69) is 20.0 Å². The maximum atomic E-state index is 13.9. The molecule has 5 rings (SSSR count). The van der Waals surface area contributed by atoms with Gasteiger partial charge in [0.25, 0.3) is 5.56 Å². The van der Waals surface area contributed by atoms with Crippen LogP contribution in [0.5, 0.6) is 0 Å². The normalized spacial score (nSPS) is 24.5. The molecular weight excluding hydrogens is 619 g/mol. The van der Waals surface area contributed by atoms with E-state index >= 15 is 0 Å². The Morgan fingerprint density at radius 3 is 2.77 bits per heavy atom. The van der Waals surface area contributed by atoms with Gasteiger partial charge in [-0.25, -0.2) is 19.4 Å². The quantitative estimate of drug-likeness (QED) is 0.118. The van der Waals surface area contributed by atoms with Gasteiger partial charge in [0.15, 0.2) is 34.2 Å². The monoisotopic (exact) mass is 652 g/mol. The highest BCUT2D eigenvalue weighted by Gasteiger charge is 2.64. The number of nitrogens with zero attached hydrogens (tertiary/aromatic N) is 3. The standard InChI is InChI=1S/C26H33N6O10PS/c1-25(2,13-33)22(35)44-10-9-38-43(37,29-11-15-7-5-4-6-8-15)39-12-16-18-26(3,42-24(36)41-18)21(40-16)32-14-28-17-19(32)30-23(27)31-20(17)34/h4-8,14,16,18,21,33H,9-13H2,1-3H3,(H,29,37)(H3,27,30,31,34)/t16-,18?,21-,26-,43?/m1/s1. The van der Waals surface area contributed by atoms with Gasteiger partial charge in [-0.3, -0.25) is 28.2 Å². The van der Waals surface area contributed by atoms with Crippen LogP contribution in [0.4, 0.5) is 10.7 Å². The number of ether oxygens (including phenoxy) is 3. The van der Waals surface area contributed by atoms with Crippen LogP contribution in [0.3, 0.4) is 0 Å². The molecule has 3 aromatic rings. The fourth-order valence-corrected chi connectivity index (χ4v) is 6.95. The number of carbonyl (C=O) groups excluding carboxylic acids is 2. The molecule has 5 N–H and O–H groups in total. The predicted molar refractivity (Wildman–Crippen MR) is 157 cm³/mol. The summed E-state index contributed by atoms with van der Waals surface area (Å²) in [5.41, 5.74) is 3.74. The number of nitrogen functional groups attached to an aromatic ring is 1. The number of aromatic amines is 1. The summed E-state index contributed by atoms with van der Waals surface area (Å²) < 4.78 is 43.9. The molecule has 2 saturated heterocycles. The second-order valence-electron chi connectivity index (χ2n) is 11.0. The third kappa shape index (κ3) is 6.54. The number of fused-ring (bicyclic) bond motifs is 2. The van der Waals surface area contributed by atoms with E-state index in [1.54, 1.807) is 20.8 Å². The topological polar surface area (TPSA) is 219 Å². The van der Waals surface area contributed by atoms with Crippen LogP contribution in [-0.2, 0) is 39.2 Å². The molecular formula is C26H33N6O10PS. The van der Waals surface area contributed by atoms with Crippen LogP contribution >= 0.6 is 19.5 Å². The number of rotatable bonds is 13. The lowest BCUT2D eigenvalue weighted by Crippen LogP contribution is -2.42. The van der Waals surface area contributed by atoms with Crippen molar-refractivity contribution >= 4 is 47.9 Å². The summed E-state index contributed by atoms with van der Waals surface area (Å²) in [6.45, 7) is 4.17. The summed E-state index contributed by atoms with van der Waals surface area (Å²) in [5.74, 6) is 0.00518. The van der Waals surface area contributed by atoms with Crippen LogP contribution < -0.4 is 16.4 Å². The molecule has 0 aliphatic carbocycles. The largest absolute Gasteiger partial charge is 0.509 e. The molecule has 2 unspecified atom stereocenters. The summed E-state index contributed by atoms with van der Waals surface area (Å²) in [7, 11) is -4.03. The van der Waals surface area contributed by atoms with Crippen molar-refractivity contribution in [1.82, 2.24) is 24.6 Å². The first-order valence-electron chi connectivity index (χ1n) is 13.6. The minimum atomic E-state index is -4.03. The molecule has 0 spiro atoms. The molecule has 238 valence electrons. The van der Waals surface area contributed by atoms with Gasteiger partial charge < -0.3 is 25.1 Å². The lowest BCUT2D eigenvalue weighted by Gasteiger charge is -2.26. The smallest absolute Gasteiger partial charge is 0.424 e. The fourth-order valence-electron chi connectivity index (χ4n) is 4.71. The van der Waals surface area contributed by atoms with E-state index < -0.39 is 48.9 Å². The SMILES string of the molecule is CC(C)(CO)C(=O)SCCOP(=O)(NCc1ccccc1)OC[C@H]1O[C@@H](n2cnc3c(=O)[nH]c(N)nc32)[C@]2(C)OC(=O)OC12. The number of anilines is 1. The van der Waals surface area contributed by atoms with Crippen molar-refractivity contribution in [1.29, 1.82) is 0 Å². The van der Waals surface area contributed by atoms with Crippen LogP contribution in [0.15, 0.2) is 41.5 Å². The maximum absolute atomic E-state index is 13.9. The zero-order valence-electron chi connectivity index (χ0n) is 24.1. The summed E-state index contributed by atoms with van der Waals surface area (Å²) in [6.07, 6.45) is -2.71. The zero-order valence-corrected chi connectivity index (χ0v) is 25.8. The fraction of sp³-hybridized carbons (Fsp3) is 0.500. The molecule has 2 aliphatic heterocycles. The number of H-pyrrole nitrogens is 1. The highest BCUT2D eigenvalue weighted by molar-refractivity contribution is 8.13. The number of hydrogen-bond acceptors (Lipinski definition) is 14. The average molecular weight is 653 g/mol. The van der Waals surface area contributed by atoms with Gasteiger partial charge in [0.2, 0.25) is 5.95 Å². The number of nitrogens with two attached hydrogens (primary N) is 1. The Kier molecular flexibility index (Phi) is 9.18. The minimum absolute atomic E-state index is 0.00497. The Balaban J connectivity index is 1.32. The van der Waals surface area contributed by atoms with Gasteiger partial charge in [0.1, 0.15) is 6.10 Å². The first-order chi connectivity index (χ1) is 20.8. The van der Waals surface area contributed by atoms with Crippen molar-refractivity contribution in [3.8, 4) is 0 Å². The number of aliphatic hydroxyl groups is 1. The number of aliphatic hydroxyl groups excluding tert-OH is 1. The molecule has 0 saturated carbocycles. The van der Waals surface area contributed by atoms with Gasteiger partial charge in [-0.05, 0) is 26.3 Å². The maximum Gasteiger partial charge on any atom is 0.509 e. The molecule has 0 bridgehead atoms. The Morgan fingerprint density at radius 1 is 1.30 bits per heavy atom. The van der Waals surface area contributed by atoms with Crippen molar-refractivity contribution in [3.63, 3.8) is 0 Å². The van der Waals surface area contributed by atoms with E-state index in [-0.39, 0.29) is 54.3 Å². The summed E-state index contributed by atoms with van der Waals surface area (Å²) in [5, 5.41) is 12.0. The first kappa shape index (κ1) is 32.1. The molecule has 1 aromatic carbocycles. The molecule has 2 aromatic heterocycles. The number of nitrogens with one attached hydrogen (secondary N) is 2. The van der Waals surface area contributed by atoms with Gasteiger partial charge >= 0.3 is 13.9 Å². The van der Waals surface area contributed by atoms with Crippen molar-refractivity contribution in [2.75, 3.05) is 31.3 Å². The lowest BCUT2D eigenvalue weighted by molar-refractivity contribution is -0.119. The molecule has 18 heteroatoms. The van der Waals surface area contributed by atoms with Crippen LogP contribution in [-0.4, -0.2) is 79.3 Å². The summed E-state index contributed by atoms with van der Waals surface area (Å²) in [6, 6.07) is 9.15. The predicted octanol–water partition coefficient (Wildman–Crippen LogP) is 2.10. The molecule has 2 fully saturated rings. The van der Waals surface area contributed by atoms with Gasteiger partial charge in [0, 0.05) is 12.3 Å². The van der Waals surface area contributed by atoms with E-state index in [4.69, 9.17) is 29.0 Å². The Bertz CT molecular complexity index is 1630. The second-order valence-corrected chi connectivity index (χ2v) is 13.9. The lowest BCUT2D eigenvalue weighted by atomic mass is 9.96. The highest BCUT2D eigenvalue weighted by Crippen LogP contribution is 2.50. The third-order valence-corrected chi connectivity index (χ3v) is 9.92. The minimum Gasteiger partial charge on any atom is -0.424 e. The van der Waals surface area contributed by atoms with Crippen LogP contribution in [0.2, 0.25) is 0 Å². The number of hydrogen-bond donors (Lipinski definition) is 4. The average Bonchev–Trinajstić information content (AvgIpc) is 3.62. The summed E-state index contributed by atoms with van der Waals surface area (Å²) >= 11 is 0.945. The molecule has 5 atom stereocenters. The van der Waals surface area contributed by atoms with E-state index in [1.165, 1.54) is 10.9 Å². The van der Waals surface area contributed by atoms with Gasteiger partial charge in [-0.2, -0.15) is 4.98 Å². The Labute approximate surface area is 255 Å². The van der Waals surface area contributed by atoms with Gasteiger partial charge in [-0.1, -0.05) is 42.1 Å². The third-order valence-electron chi connectivity index (χ3n) is 7.18. The van der Waals surface area contributed by atoms with Crippen molar-refractivity contribution in [2.24, 2.45) is 5.41 Å². The first-order valence-corrected chi connectivity index (χ1v) is 16.1. The molecule has 16 nitrogen and oxygen atoms in total. The zero-order chi connectivity index (χ0) is 31.7. The van der Waals surface area contributed by atoms with Crippen molar-refractivity contribution in [2.45, 2.75) is 51.4 Å². The van der Waals surface area contributed by atoms with E-state index in [0.717, 1.165) is 17.3 Å². The van der Waals surface area contributed by atoms with Crippen LogP contribution in [0, 0.1) is 5.41 Å². The second kappa shape index (κ2) is 12.6. The van der Waals surface area contributed by atoms with E-state index in [1.807, 2.05) is 30.3 Å².